The summed E-state index contributed by atoms with van der Waals surface area (Å²) < 4.78 is 24.3. The highest BCUT2D eigenvalue weighted by atomic mass is 79.9. The number of sulfone groups is 1. The summed E-state index contributed by atoms with van der Waals surface area (Å²) in [5, 5.41) is 9.57. The minimum atomic E-state index is -3.31. The van der Waals surface area contributed by atoms with Crippen LogP contribution in [0.1, 0.15) is 31.4 Å². The summed E-state index contributed by atoms with van der Waals surface area (Å²) in [6.07, 6.45) is 1.56. The van der Waals surface area contributed by atoms with Crippen molar-refractivity contribution in [2.24, 2.45) is 10.9 Å². The molecule has 1 unspecified atom stereocenters. The number of aliphatic imine (C=N–C) groups is 1. The minimum Gasteiger partial charge on any atom is -0.480 e. The van der Waals surface area contributed by atoms with Gasteiger partial charge in [0.25, 0.3) is 0 Å². The van der Waals surface area contributed by atoms with Gasteiger partial charge in [-0.05, 0) is 36.6 Å². The zero-order valence-electron chi connectivity index (χ0n) is 15.4. The Labute approximate surface area is 168 Å². The van der Waals surface area contributed by atoms with Crippen LogP contribution in [0.25, 0.3) is 0 Å². The van der Waals surface area contributed by atoms with Crippen molar-refractivity contribution in [3.63, 3.8) is 0 Å². The van der Waals surface area contributed by atoms with E-state index in [1.54, 1.807) is 12.1 Å². The van der Waals surface area contributed by atoms with Crippen LogP contribution in [0, 0.1) is 5.92 Å². The number of aliphatic carboxylic acids is 1. The van der Waals surface area contributed by atoms with Crippen molar-refractivity contribution in [2.45, 2.75) is 31.2 Å². The Bertz CT molecular complexity index is 933. The van der Waals surface area contributed by atoms with Crippen LogP contribution in [0.2, 0.25) is 0 Å². The van der Waals surface area contributed by atoms with E-state index < -0.39 is 21.8 Å². The summed E-state index contributed by atoms with van der Waals surface area (Å²) in [5.41, 5.74) is 1.95. The molecule has 27 heavy (non-hydrogen) atoms. The fraction of sp³-hybridized carbons (Fsp3) is 0.300. The van der Waals surface area contributed by atoms with Crippen molar-refractivity contribution in [3.05, 3.63) is 64.1 Å². The summed E-state index contributed by atoms with van der Waals surface area (Å²) >= 11 is 3.39. The van der Waals surface area contributed by atoms with Crippen LogP contribution in [0.5, 0.6) is 0 Å². The van der Waals surface area contributed by atoms with Crippen LogP contribution in [-0.2, 0) is 14.6 Å². The Morgan fingerprint density at radius 2 is 1.52 bits per heavy atom. The smallest absolute Gasteiger partial charge is 0.328 e. The van der Waals surface area contributed by atoms with E-state index >= 15 is 0 Å². The highest BCUT2D eigenvalue weighted by molar-refractivity contribution is 9.10. The largest absolute Gasteiger partial charge is 0.480 e. The van der Waals surface area contributed by atoms with E-state index in [2.05, 4.69) is 20.9 Å². The number of halogens is 1. The van der Waals surface area contributed by atoms with Gasteiger partial charge in [-0.1, -0.05) is 54.0 Å². The molecule has 0 saturated carbocycles. The third-order valence-electron chi connectivity index (χ3n) is 3.94. The first-order valence-electron chi connectivity index (χ1n) is 8.45. The molecule has 0 bridgehead atoms. The second-order valence-corrected chi connectivity index (χ2v) is 9.70. The van der Waals surface area contributed by atoms with E-state index in [1.807, 2.05) is 38.1 Å². The maximum atomic E-state index is 11.7. The fourth-order valence-corrected chi connectivity index (χ4v) is 3.49. The predicted molar refractivity (Wildman–Crippen MR) is 110 cm³/mol. The van der Waals surface area contributed by atoms with Crippen molar-refractivity contribution >= 4 is 37.4 Å². The molecule has 0 heterocycles. The zero-order chi connectivity index (χ0) is 20.2. The molecule has 1 atom stereocenters. The molecule has 0 aliphatic rings. The SMILES string of the molecule is CC(C)CC(N=C(c1ccc(Br)cc1)c1ccc(S(C)(=O)=O)cc1)C(=O)O. The van der Waals surface area contributed by atoms with E-state index in [1.165, 1.54) is 12.1 Å². The average Bonchev–Trinajstić information content (AvgIpc) is 2.58. The molecule has 2 rings (SSSR count). The molecule has 0 aromatic heterocycles. The lowest BCUT2D eigenvalue weighted by atomic mass is 10.00. The van der Waals surface area contributed by atoms with Gasteiger partial charge in [-0.15, -0.1) is 0 Å². The highest BCUT2D eigenvalue weighted by Crippen LogP contribution is 2.20. The van der Waals surface area contributed by atoms with E-state index in [0.29, 0.717) is 17.7 Å². The van der Waals surface area contributed by atoms with Crippen molar-refractivity contribution in [3.8, 4) is 0 Å². The summed E-state index contributed by atoms with van der Waals surface area (Å²) in [4.78, 5) is 16.4. The topological polar surface area (TPSA) is 83.8 Å². The van der Waals surface area contributed by atoms with Crippen LogP contribution >= 0.6 is 15.9 Å². The van der Waals surface area contributed by atoms with E-state index in [9.17, 15) is 18.3 Å². The standard InChI is InChI=1S/C20H22BrNO4S/c1-13(2)12-18(20(23)24)22-19(14-4-8-16(21)9-5-14)15-6-10-17(11-7-15)27(3,25)26/h4-11,13,18H,12H2,1-3H3,(H,23,24). The molecule has 0 aliphatic carbocycles. The lowest BCUT2D eigenvalue weighted by molar-refractivity contribution is -0.138. The number of rotatable bonds is 7. The molecule has 0 saturated heterocycles. The molecule has 2 aromatic carbocycles. The van der Waals surface area contributed by atoms with Gasteiger partial charge in [0.2, 0.25) is 0 Å². The molecule has 0 amide bonds. The van der Waals surface area contributed by atoms with Crippen LogP contribution in [0.15, 0.2) is 62.9 Å². The summed E-state index contributed by atoms with van der Waals surface area (Å²) in [6, 6.07) is 12.9. The van der Waals surface area contributed by atoms with Crippen molar-refractivity contribution < 1.29 is 18.3 Å². The fourth-order valence-electron chi connectivity index (χ4n) is 2.59. The van der Waals surface area contributed by atoms with Gasteiger partial charge in [-0.3, -0.25) is 4.99 Å². The summed E-state index contributed by atoms with van der Waals surface area (Å²) in [5.74, 6) is -0.806. The number of benzene rings is 2. The molecule has 7 heteroatoms. The zero-order valence-corrected chi connectivity index (χ0v) is 17.8. The molecular formula is C20H22BrNO4S. The van der Waals surface area contributed by atoms with Gasteiger partial charge in [0.15, 0.2) is 9.84 Å². The second-order valence-electron chi connectivity index (χ2n) is 6.76. The van der Waals surface area contributed by atoms with Gasteiger partial charge in [-0.25, -0.2) is 13.2 Å². The second kappa shape index (κ2) is 8.80. The Kier molecular flexibility index (Phi) is 6.95. The number of hydrogen-bond acceptors (Lipinski definition) is 4. The molecule has 0 aliphatic heterocycles. The number of carboxylic acids is 1. The average molecular weight is 452 g/mol. The Morgan fingerprint density at radius 1 is 1.04 bits per heavy atom. The minimum absolute atomic E-state index is 0.175. The summed E-state index contributed by atoms with van der Waals surface area (Å²) in [7, 11) is -3.31. The van der Waals surface area contributed by atoms with Crippen LogP contribution in [0.3, 0.4) is 0 Å². The molecule has 0 spiro atoms. The molecule has 0 radical (unpaired) electrons. The molecule has 5 nitrogen and oxygen atoms in total. The van der Waals surface area contributed by atoms with E-state index in [-0.39, 0.29) is 10.8 Å². The quantitative estimate of drug-likeness (QED) is 0.639. The van der Waals surface area contributed by atoms with Gasteiger partial charge in [-0.2, -0.15) is 0 Å². The van der Waals surface area contributed by atoms with Crippen molar-refractivity contribution in [2.75, 3.05) is 6.26 Å². The van der Waals surface area contributed by atoms with E-state index in [4.69, 9.17) is 0 Å². The Balaban J connectivity index is 2.57. The number of nitrogens with zero attached hydrogens (tertiary/aromatic N) is 1. The summed E-state index contributed by atoms with van der Waals surface area (Å²) in [6.45, 7) is 3.90. The third-order valence-corrected chi connectivity index (χ3v) is 5.60. The first-order chi connectivity index (χ1) is 12.6. The van der Waals surface area contributed by atoms with Crippen molar-refractivity contribution in [1.82, 2.24) is 0 Å². The highest BCUT2D eigenvalue weighted by Gasteiger charge is 2.20. The number of carboxylic acid groups (broad SMARTS) is 1. The maximum absolute atomic E-state index is 11.7. The first-order valence-corrected chi connectivity index (χ1v) is 11.1. The van der Waals surface area contributed by atoms with E-state index in [0.717, 1.165) is 16.3 Å². The maximum Gasteiger partial charge on any atom is 0.328 e. The molecule has 2 aromatic rings. The molecular weight excluding hydrogens is 430 g/mol. The van der Waals surface area contributed by atoms with Crippen LogP contribution < -0.4 is 0 Å². The first kappa shape index (κ1) is 21.3. The van der Waals surface area contributed by atoms with Gasteiger partial charge < -0.3 is 5.11 Å². The lowest BCUT2D eigenvalue weighted by Gasteiger charge is -2.15. The monoisotopic (exact) mass is 451 g/mol. The third kappa shape index (κ3) is 6.01. The normalized spacial score (nSPS) is 13.6. The molecule has 144 valence electrons. The predicted octanol–water partition coefficient (Wildman–Crippen LogP) is 4.19. The Hall–Kier alpha value is -1.99. The van der Waals surface area contributed by atoms with Crippen LogP contribution in [-0.4, -0.2) is 37.5 Å². The molecule has 0 fully saturated rings. The van der Waals surface area contributed by atoms with Gasteiger partial charge in [0.1, 0.15) is 6.04 Å². The lowest BCUT2D eigenvalue weighted by Crippen LogP contribution is -2.22. The van der Waals surface area contributed by atoms with Gasteiger partial charge >= 0.3 is 5.97 Å². The van der Waals surface area contributed by atoms with Crippen molar-refractivity contribution in [1.29, 1.82) is 0 Å². The number of carbonyl (C=O) groups is 1. The number of hydrogen-bond donors (Lipinski definition) is 1. The van der Waals surface area contributed by atoms with Gasteiger partial charge in [0.05, 0.1) is 10.6 Å². The molecule has 1 N–H and O–H groups in total. The van der Waals surface area contributed by atoms with Crippen LogP contribution in [0.4, 0.5) is 0 Å². The Morgan fingerprint density at radius 3 is 1.93 bits per heavy atom. The van der Waals surface area contributed by atoms with Gasteiger partial charge in [0, 0.05) is 21.9 Å².